The van der Waals surface area contributed by atoms with Gasteiger partial charge in [0.1, 0.15) is 0 Å². The summed E-state index contributed by atoms with van der Waals surface area (Å²) < 4.78 is 32.2. The molecule has 7 nitrogen and oxygen atoms in total. The molecule has 0 aromatic rings. The van der Waals surface area contributed by atoms with Gasteiger partial charge in [0.15, 0.2) is 0 Å². The number of rotatable bonds is 7. The highest BCUT2D eigenvalue weighted by Gasteiger charge is 2.36. The van der Waals surface area contributed by atoms with Crippen molar-refractivity contribution >= 4 is 16.3 Å². The lowest BCUT2D eigenvalue weighted by Crippen LogP contribution is -2.56. The van der Waals surface area contributed by atoms with Gasteiger partial charge in [0.25, 0.3) is 0 Å². The van der Waals surface area contributed by atoms with Crippen LogP contribution in [0, 0.1) is 0 Å². The van der Waals surface area contributed by atoms with Gasteiger partial charge in [-0.3, -0.25) is 0 Å². The fourth-order valence-electron chi connectivity index (χ4n) is 1.45. The number of carbonyl (C=O) groups excluding carboxylic acids is 1. The van der Waals surface area contributed by atoms with Crippen LogP contribution < -0.4 is 10.5 Å². The molecule has 0 spiro atoms. The molecule has 0 bridgehead atoms. The van der Waals surface area contributed by atoms with Crippen molar-refractivity contribution < 1.29 is 17.9 Å². The molecule has 0 radical (unpaired) electrons. The molecule has 0 unspecified atom stereocenters. The molecule has 0 aromatic carbocycles. The van der Waals surface area contributed by atoms with Crippen molar-refractivity contribution in [3.8, 4) is 0 Å². The standard InChI is InChI=1S/C11H25N3O4S/c1-6-7-14(11(4,5)8-12)19(16,17)13-10(15)18-9(2)3/h9H,6-8,12H2,1-5H3,(H,13,15). The first-order valence-corrected chi connectivity index (χ1v) is 7.72. The normalized spacial score (nSPS) is 12.8. The average molecular weight is 295 g/mol. The van der Waals surface area contributed by atoms with Crippen LogP contribution in [0.4, 0.5) is 4.79 Å². The maximum absolute atomic E-state index is 12.2. The highest BCUT2D eigenvalue weighted by atomic mass is 32.2. The summed E-state index contributed by atoms with van der Waals surface area (Å²) in [6.45, 7) is 8.95. The third-order valence-electron chi connectivity index (χ3n) is 2.45. The van der Waals surface area contributed by atoms with Gasteiger partial charge in [-0.1, -0.05) is 6.92 Å². The molecular weight excluding hydrogens is 270 g/mol. The van der Waals surface area contributed by atoms with Gasteiger partial charge in [0.05, 0.1) is 6.10 Å². The lowest BCUT2D eigenvalue weighted by molar-refractivity contribution is 0.120. The number of nitrogens with zero attached hydrogens (tertiary/aromatic N) is 1. The maximum atomic E-state index is 12.2. The fourth-order valence-corrected chi connectivity index (χ4v) is 2.97. The highest BCUT2D eigenvalue weighted by Crippen LogP contribution is 2.17. The number of amides is 1. The van der Waals surface area contributed by atoms with E-state index in [4.69, 9.17) is 10.5 Å². The molecule has 0 saturated heterocycles. The summed E-state index contributed by atoms with van der Waals surface area (Å²) in [4.78, 5) is 11.4. The molecule has 114 valence electrons. The predicted octanol–water partition coefficient (Wildman–Crippen LogP) is 0.815. The van der Waals surface area contributed by atoms with Crippen molar-refractivity contribution in [3.63, 3.8) is 0 Å². The highest BCUT2D eigenvalue weighted by molar-refractivity contribution is 7.87. The first-order chi connectivity index (χ1) is 8.56. The maximum Gasteiger partial charge on any atom is 0.422 e. The Hall–Kier alpha value is -0.860. The molecule has 3 N–H and O–H groups in total. The van der Waals surface area contributed by atoms with Crippen LogP contribution in [-0.4, -0.2) is 43.5 Å². The summed E-state index contributed by atoms with van der Waals surface area (Å²) in [5, 5.41) is 0. The van der Waals surface area contributed by atoms with E-state index < -0.39 is 27.9 Å². The van der Waals surface area contributed by atoms with Gasteiger partial charge in [-0.2, -0.15) is 12.7 Å². The van der Waals surface area contributed by atoms with E-state index >= 15 is 0 Å². The van der Waals surface area contributed by atoms with Crippen LogP contribution in [0.2, 0.25) is 0 Å². The summed E-state index contributed by atoms with van der Waals surface area (Å²) in [6, 6.07) is 0. The minimum absolute atomic E-state index is 0.146. The number of hydrogen-bond acceptors (Lipinski definition) is 5. The number of nitrogens with two attached hydrogens (primary N) is 1. The molecule has 8 heteroatoms. The Morgan fingerprint density at radius 2 is 1.95 bits per heavy atom. The van der Waals surface area contributed by atoms with Crippen LogP contribution in [0.25, 0.3) is 0 Å². The molecule has 19 heavy (non-hydrogen) atoms. The monoisotopic (exact) mass is 295 g/mol. The van der Waals surface area contributed by atoms with Gasteiger partial charge in [-0.05, 0) is 34.1 Å². The Balaban J connectivity index is 5.06. The van der Waals surface area contributed by atoms with Crippen molar-refractivity contribution in [2.45, 2.75) is 52.7 Å². The molecule has 0 aliphatic heterocycles. The Morgan fingerprint density at radius 1 is 1.42 bits per heavy atom. The van der Waals surface area contributed by atoms with Gasteiger partial charge in [0.2, 0.25) is 0 Å². The van der Waals surface area contributed by atoms with Gasteiger partial charge in [-0.15, -0.1) is 0 Å². The zero-order valence-electron chi connectivity index (χ0n) is 12.3. The summed E-state index contributed by atoms with van der Waals surface area (Å²) >= 11 is 0. The molecule has 0 aromatic heterocycles. The molecule has 0 saturated carbocycles. The van der Waals surface area contributed by atoms with Gasteiger partial charge in [-0.25, -0.2) is 9.52 Å². The SMILES string of the molecule is CCCN(C(C)(C)CN)S(=O)(=O)NC(=O)OC(C)C. The van der Waals surface area contributed by atoms with Crippen LogP contribution in [-0.2, 0) is 14.9 Å². The topological polar surface area (TPSA) is 102 Å². The first-order valence-electron chi connectivity index (χ1n) is 6.28. The molecule has 0 heterocycles. The van der Waals surface area contributed by atoms with Gasteiger partial charge < -0.3 is 10.5 Å². The second kappa shape index (κ2) is 7.06. The van der Waals surface area contributed by atoms with Crippen LogP contribution in [0.5, 0.6) is 0 Å². The number of hydrogen-bond donors (Lipinski definition) is 2. The van der Waals surface area contributed by atoms with Crippen LogP contribution in [0.1, 0.15) is 41.0 Å². The fraction of sp³-hybridized carbons (Fsp3) is 0.909. The lowest BCUT2D eigenvalue weighted by Gasteiger charge is -2.35. The van der Waals surface area contributed by atoms with Crippen LogP contribution in [0.3, 0.4) is 0 Å². The lowest BCUT2D eigenvalue weighted by atomic mass is 10.1. The number of carbonyl (C=O) groups is 1. The zero-order valence-corrected chi connectivity index (χ0v) is 13.1. The van der Waals surface area contributed by atoms with Crippen molar-refractivity contribution in [3.05, 3.63) is 0 Å². The van der Waals surface area contributed by atoms with E-state index in [1.165, 1.54) is 4.31 Å². The predicted molar refractivity (Wildman–Crippen MR) is 73.8 cm³/mol. The van der Waals surface area contributed by atoms with Crippen molar-refractivity contribution in [2.24, 2.45) is 5.73 Å². The zero-order chi connectivity index (χ0) is 15.3. The summed E-state index contributed by atoms with van der Waals surface area (Å²) in [5.41, 5.74) is 4.82. The molecule has 0 atom stereocenters. The van der Waals surface area contributed by atoms with Gasteiger partial charge >= 0.3 is 16.3 Å². The Bertz CT molecular complexity index is 393. The Kier molecular flexibility index (Phi) is 6.74. The van der Waals surface area contributed by atoms with E-state index in [1.807, 2.05) is 11.6 Å². The third-order valence-corrected chi connectivity index (χ3v) is 4.13. The molecule has 0 aliphatic rings. The van der Waals surface area contributed by atoms with E-state index in [1.54, 1.807) is 27.7 Å². The van der Waals surface area contributed by atoms with E-state index in [0.29, 0.717) is 6.42 Å². The smallest absolute Gasteiger partial charge is 0.422 e. The number of ether oxygens (including phenoxy) is 1. The first kappa shape index (κ1) is 18.1. The molecular formula is C11H25N3O4S. The minimum atomic E-state index is -3.97. The van der Waals surface area contributed by atoms with Gasteiger partial charge in [0, 0.05) is 18.6 Å². The minimum Gasteiger partial charge on any atom is -0.446 e. The second-order valence-corrected chi connectivity index (χ2v) is 6.74. The van der Waals surface area contributed by atoms with E-state index in [-0.39, 0.29) is 13.1 Å². The molecule has 0 rings (SSSR count). The molecule has 0 fully saturated rings. The summed E-state index contributed by atoms with van der Waals surface area (Å²) in [7, 11) is -3.97. The summed E-state index contributed by atoms with van der Waals surface area (Å²) in [6.07, 6.45) is -0.759. The van der Waals surface area contributed by atoms with Crippen molar-refractivity contribution in [1.82, 2.24) is 9.03 Å². The van der Waals surface area contributed by atoms with Crippen LogP contribution in [0.15, 0.2) is 0 Å². The van der Waals surface area contributed by atoms with E-state index in [0.717, 1.165) is 0 Å². The quantitative estimate of drug-likeness (QED) is 0.724. The third kappa shape index (κ3) is 5.75. The van der Waals surface area contributed by atoms with Crippen molar-refractivity contribution in [2.75, 3.05) is 13.1 Å². The largest absolute Gasteiger partial charge is 0.446 e. The summed E-state index contributed by atoms with van der Waals surface area (Å²) in [5.74, 6) is 0. The second-order valence-electron chi connectivity index (χ2n) is 5.15. The van der Waals surface area contributed by atoms with E-state index in [2.05, 4.69) is 0 Å². The van der Waals surface area contributed by atoms with E-state index in [9.17, 15) is 13.2 Å². The molecule has 1 amide bonds. The average Bonchev–Trinajstić information content (AvgIpc) is 2.23. The Morgan fingerprint density at radius 3 is 2.32 bits per heavy atom. The Labute approximate surface area is 115 Å². The van der Waals surface area contributed by atoms with Crippen LogP contribution >= 0.6 is 0 Å². The number of nitrogens with one attached hydrogen (secondary N) is 1. The van der Waals surface area contributed by atoms with Crippen molar-refractivity contribution in [1.29, 1.82) is 0 Å². The molecule has 0 aliphatic carbocycles.